The number of piperidine rings is 1. The van der Waals surface area contributed by atoms with E-state index in [2.05, 4.69) is 5.32 Å². The standard InChI is InChI=1S/C22H26N2O5/c1-29-15-22(21(27)28)10-5-11-24(14-22)20(26)13-23-19(25)12-17-8-4-7-16-6-2-3-9-18(16)17/h2-4,6-9H,5,10-15H2,1H3,(H,23,25)(H,27,28). The van der Waals surface area contributed by atoms with Crippen molar-refractivity contribution in [2.45, 2.75) is 19.3 Å². The largest absolute Gasteiger partial charge is 0.481 e. The molecule has 1 saturated heterocycles. The second-order valence-electron chi connectivity index (χ2n) is 7.53. The first-order valence-electron chi connectivity index (χ1n) is 9.69. The quantitative estimate of drug-likeness (QED) is 0.742. The number of carbonyl (C=O) groups is 3. The number of likely N-dealkylation sites (tertiary alicyclic amines) is 1. The van der Waals surface area contributed by atoms with Gasteiger partial charge in [-0.05, 0) is 29.2 Å². The molecule has 7 nitrogen and oxygen atoms in total. The Bertz CT molecular complexity index is 904. The highest BCUT2D eigenvalue weighted by Crippen LogP contribution is 2.30. The van der Waals surface area contributed by atoms with Crippen LogP contribution in [0.15, 0.2) is 42.5 Å². The highest BCUT2D eigenvalue weighted by molar-refractivity contribution is 5.91. The number of nitrogens with one attached hydrogen (secondary N) is 1. The molecule has 0 bridgehead atoms. The third-order valence-electron chi connectivity index (χ3n) is 5.47. The smallest absolute Gasteiger partial charge is 0.313 e. The molecule has 2 aromatic carbocycles. The van der Waals surface area contributed by atoms with Gasteiger partial charge in [-0.1, -0.05) is 42.5 Å². The molecule has 1 heterocycles. The fraction of sp³-hybridized carbons (Fsp3) is 0.409. The minimum absolute atomic E-state index is 0.0551. The lowest BCUT2D eigenvalue weighted by Crippen LogP contribution is -2.53. The number of hydrogen-bond acceptors (Lipinski definition) is 4. The van der Waals surface area contributed by atoms with Crippen molar-refractivity contribution in [3.8, 4) is 0 Å². The van der Waals surface area contributed by atoms with Crippen molar-refractivity contribution in [1.82, 2.24) is 10.2 Å². The molecule has 0 spiro atoms. The lowest BCUT2D eigenvalue weighted by atomic mass is 9.80. The number of carbonyl (C=O) groups excluding carboxylic acids is 2. The number of amides is 2. The maximum Gasteiger partial charge on any atom is 0.313 e. The lowest BCUT2D eigenvalue weighted by molar-refractivity contribution is -0.159. The van der Waals surface area contributed by atoms with E-state index in [1.54, 1.807) is 0 Å². The summed E-state index contributed by atoms with van der Waals surface area (Å²) in [5, 5.41) is 14.3. The Hall–Kier alpha value is -2.93. The number of rotatable bonds is 7. The van der Waals surface area contributed by atoms with Gasteiger partial charge in [0, 0.05) is 20.2 Å². The molecule has 0 saturated carbocycles. The molecule has 2 aromatic rings. The first-order chi connectivity index (χ1) is 13.9. The zero-order chi connectivity index (χ0) is 20.9. The van der Waals surface area contributed by atoms with Crippen LogP contribution in [-0.2, 0) is 25.5 Å². The Kier molecular flexibility index (Phi) is 6.49. The van der Waals surface area contributed by atoms with E-state index in [-0.39, 0.29) is 37.9 Å². The van der Waals surface area contributed by atoms with Gasteiger partial charge in [-0.25, -0.2) is 0 Å². The van der Waals surface area contributed by atoms with Gasteiger partial charge in [0.1, 0.15) is 5.41 Å². The molecule has 0 aliphatic carbocycles. The normalized spacial score (nSPS) is 19.1. The van der Waals surface area contributed by atoms with E-state index in [0.29, 0.717) is 19.4 Å². The molecule has 2 amide bonds. The summed E-state index contributed by atoms with van der Waals surface area (Å²) >= 11 is 0. The van der Waals surface area contributed by atoms with E-state index in [0.717, 1.165) is 16.3 Å². The van der Waals surface area contributed by atoms with Crippen LogP contribution in [0.5, 0.6) is 0 Å². The minimum atomic E-state index is -1.09. The molecular weight excluding hydrogens is 372 g/mol. The molecule has 29 heavy (non-hydrogen) atoms. The molecule has 1 unspecified atom stereocenters. The zero-order valence-corrected chi connectivity index (χ0v) is 16.5. The summed E-state index contributed by atoms with van der Waals surface area (Å²) in [6, 6.07) is 13.6. The van der Waals surface area contributed by atoms with Crippen molar-refractivity contribution in [2.24, 2.45) is 5.41 Å². The van der Waals surface area contributed by atoms with Crippen molar-refractivity contribution in [3.05, 3.63) is 48.0 Å². The number of fused-ring (bicyclic) bond motifs is 1. The fourth-order valence-electron chi connectivity index (χ4n) is 3.94. The molecule has 2 N–H and O–H groups in total. The summed E-state index contributed by atoms with van der Waals surface area (Å²) < 4.78 is 5.09. The molecule has 3 rings (SSSR count). The molecule has 0 aromatic heterocycles. The van der Waals surface area contributed by atoms with E-state index in [4.69, 9.17) is 4.74 Å². The summed E-state index contributed by atoms with van der Waals surface area (Å²) in [4.78, 5) is 38.2. The first kappa shape index (κ1) is 20.8. The fourth-order valence-corrected chi connectivity index (χ4v) is 3.94. The Labute approximate surface area is 169 Å². The van der Waals surface area contributed by atoms with Gasteiger partial charge < -0.3 is 20.1 Å². The van der Waals surface area contributed by atoms with E-state index < -0.39 is 11.4 Å². The minimum Gasteiger partial charge on any atom is -0.481 e. The predicted octanol–water partition coefficient (Wildman–Crippen LogP) is 1.84. The topological polar surface area (TPSA) is 95.9 Å². The van der Waals surface area contributed by atoms with Gasteiger partial charge in [0.2, 0.25) is 11.8 Å². The van der Waals surface area contributed by atoms with Crippen molar-refractivity contribution in [1.29, 1.82) is 0 Å². The van der Waals surface area contributed by atoms with Crippen LogP contribution in [0.3, 0.4) is 0 Å². The second kappa shape index (κ2) is 9.05. The maximum atomic E-state index is 12.6. The second-order valence-corrected chi connectivity index (χ2v) is 7.53. The van der Waals surface area contributed by atoms with Gasteiger partial charge in [-0.15, -0.1) is 0 Å². The van der Waals surface area contributed by atoms with Gasteiger partial charge in [-0.2, -0.15) is 0 Å². The van der Waals surface area contributed by atoms with Crippen LogP contribution in [-0.4, -0.2) is 61.1 Å². The van der Waals surface area contributed by atoms with Crippen LogP contribution in [0.25, 0.3) is 10.8 Å². The third-order valence-corrected chi connectivity index (χ3v) is 5.47. The average molecular weight is 398 g/mol. The van der Waals surface area contributed by atoms with E-state index in [1.165, 1.54) is 12.0 Å². The van der Waals surface area contributed by atoms with Crippen molar-refractivity contribution in [3.63, 3.8) is 0 Å². The molecule has 1 aliphatic rings. The first-order valence-corrected chi connectivity index (χ1v) is 9.69. The van der Waals surface area contributed by atoms with Crippen LogP contribution in [0.2, 0.25) is 0 Å². The zero-order valence-electron chi connectivity index (χ0n) is 16.5. The Morgan fingerprint density at radius 1 is 1.17 bits per heavy atom. The summed E-state index contributed by atoms with van der Waals surface area (Å²) in [5.74, 6) is -1.48. The molecular formula is C22H26N2O5. The number of methoxy groups -OCH3 is 1. The van der Waals surface area contributed by atoms with Gasteiger partial charge in [-0.3, -0.25) is 14.4 Å². The summed E-state index contributed by atoms with van der Waals surface area (Å²) in [6.45, 7) is 0.483. The molecule has 1 aliphatic heterocycles. The molecule has 1 atom stereocenters. The summed E-state index contributed by atoms with van der Waals surface area (Å²) in [5.41, 5.74) is -0.189. The highest BCUT2D eigenvalue weighted by atomic mass is 16.5. The molecule has 7 heteroatoms. The Morgan fingerprint density at radius 2 is 1.93 bits per heavy atom. The van der Waals surface area contributed by atoms with Gasteiger partial charge in [0.25, 0.3) is 0 Å². The van der Waals surface area contributed by atoms with Crippen molar-refractivity contribution >= 4 is 28.6 Å². The summed E-state index contributed by atoms with van der Waals surface area (Å²) in [7, 11) is 1.46. The van der Waals surface area contributed by atoms with Crippen LogP contribution in [0, 0.1) is 5.41 Å². The van der Waals surface area contributed by atoms with Crippen LogP contribution in [0.4, 0.5) is 0 Å². The van der Waals surface area contributed by atoms with Gasteiger partial charge in [0.15, 0.2) is 0 Å². The SMILES string of the molecule is COCC1(C(=O)O)CCCN(C(=O)CNC(=O)Cc2cccc3ccccc23)C1. The van der Waals surface area contributed by atoms with E-state index in [9.17, 15) is 19.5 Å². The lowest BCUT2D eigenvalue weighted by Gasteiger charge is -2.39. The monoisotopic (exact) mass is 398 g/mol. The van der Waals surface area contributed by atoms with E-state index >= 15 is 0 Å². The number of hydrogen-bond donors (Lipinski definition) is 2. The predicted molar refractivity (Wildman–Crippen MR) is 108 cm³/mol. The van der Waals surface area contributed by atoms with Gasteiger partial charge in [0.05, 0.1) is 19.6 Å². The summed E-state index contributed by atoms with van der Waals surface area (Å²) in [6.07, 6.45) is 1.23. The number of nitrogens with zero attached hydrogens (tertiary/aromatic N) is 1. The number of carboxylic acid groups (broad SMARTS) is 1. The van der Waals surface area contributed by atoms with Crippen LogP contribution in [0.1, 0.15) is 18.4 Å². The molecule has 0 radical (unpaired) electrons. The highest BCUT2D eigenvalue weighted by Gasteiger charge is 2.43. The average Bonchev–Trinajstić information content (AvgIpc) is 2.72. The van der Waals surface area contributed by atoms with Crippen molar-refractivity contribution < 1.29 is 24.2 Å². The molecule has 1 fully saturated rings. The van der Waals surface area contributed by atoms with E-state index in [1.807, 2.05) is 42.5 Å². The molecule has 154 valence electrons. The number of aliphatic carboxylic acids is 1. The van der Waals surface area contributed by atoms with Crippen molar-refractivity contribution in [2.75, 3.05) is 33.4 Å². The Balaban J connectivity index is 1.58. The van der Waals surface area contributed by atoms with Crippen LogP contribution < -0.4 is 5.32 Å². The number of carboxylic acids is 1. The van der Waals surface area contributed by atoms with Gasteiger partial charge >= 0.3 is 5.97 Å². The van der Waals surface area contributed by atoms with Crippen LogP contribution >= 0.6 is 0 Å². The maximum absolute atomic E-state index is 12.6. The third kappa shape index (κ3) is 4.74. The number of benzene rings is 2. The Morgan fingerprint density at radius 3 is 2.69 bits per heavy atom. The number of ether oxygens (including phenoxy) is 1.